The standard InChI is InChI=1S/C20H18N2O3S/c23-18(16-4-2-1-3-5-16)10-11-19(24)22-14-15-6-8-17(9-7-15)25-20-21-12-13-26-20/h1-9,12-13H,10-11,14H2,(H,22,24). The van der Waals surface area contributed by atoms with Crippen molar-refractivity contribution in [3.05, 3.63) is 77.3 Å². The number of amides is 1. The molecule has 0 unspecified atom stereocenters. The summed E-state index contributed by atoms with van der Waals surface area (Å²) in [4.78, 5) is 28.0. The fraction of sp³-hybridized carbons (Fsp3) is 0.150. The Labute approximate surface area is 155 Å². The van der Waals surface area contributed by atoms with Crippen molar-refractivity contribution in [1.29, 1.82) is 0 Å². The number of thiazole rings is 1. The third-order valence-corrected chi connectivity index (χ3v) is 4.35. The van der Waals surface area contributed by atoms with Crippen LogP contribution < -0.4 is 10.1 Å². The molecule has 26 heavy (non-hydrogen) atoms. The quantitative estimate of drug-likeness (QED) is 0.606. The van der Waals surface area contributed by atoms with Gasteiger partial charge in [-0.1, -0.05) is 53.8 Å². The summed E-state index contributed by atoms with van der Waals surface area (Å²) in [6, 6.07) is 16.5. The number of aromatic nitrogens is 1. The van der Waals surface area contributed by atoms with E-state index < -0.39 is 0 Å². The maximum absolute atomic E-state index is 12.0. The average Bonchev–Trinajstić information content (AvgIpc) is 3.19. The Bertz CT molecular complexity index is 847. The molecule has 1 aromatic heterocycles. The molecule has 0 fully saturated rings. The Morgan fingerprint density at radius 2 is 1.77 bits per heavy atom. The summed E-state index contributed by atoms with van der Waals surface area (Å²) < 4.78 is 5.59. The van der Waals surface area contributed by atoms with Gasteiger partial charge in [0.05, 0.1) is 0 Å². The molecule has 3 rings (SSSR count). The smallest absolute Gasteiger partial charge is 0.278 e. The Morgan fingerprint density at radius 3 is 2.46 bits per heavy atom. The van der Waals surface area contributed by atoms with Gasteiger partial charge in [0.15, 0.2) is 5.78 Å². The lowest BCUT2D eigenvalue weighted by Crippen LogP contribution is -2.23. The average molecular weight is 366 g/mol. The first-order valence-electron chi connectivity index (χ1n) is 8.22. The first kappa shape index (κ1) is 17.8. The second-order valence-corrected chi connectivity index (χ2v) is 6.47. The number of nitrogens with one attached hydrogen (secondary N) is 1. The molecule has 1 heterocycles. The Morgan fingerprint density at radius 1 is 1.00 bits per heavy atom. The molecule has 1 amide bonds. The van der Waals surface area contributed by atoms with Gasteiger partial charge < -0.3 is 10.1 Å². The summed E-state index contributed by atoms with van der Waals surface area (Å²) in [5, 5.41) is 5.27. The molecule has 2 aromatic carbocycles. The zero-order valence-corrected chi connectivity index (χ0v) is 14.9. The van der Waals surface area contributed by atoms with E-state index in [1.165, 1.54) is 11.3 Å². The van der Waals surface area contributed by atoms with Crippen LogP contribution in [-0.4, -0.2) is 16.7 Å². The predicted octanol–water partition coefficient (Wildman–Crippen LogP) is 4.21. The van der Waals surface area contributed by atoms with Crippen molar-refractivity contribution in [2.24, 2.45) is 0 Å². The highest BCUT2D eigenvalue weighted by Gasteiger charge is 2.09. The Kier molecular flexibility index (Phi) is 6.11. The van der Waals surface area contributed by atoms with Gasteiger partial charge in [0, 0.05) is 36.5 Å². The number of rotatable bonds is 8. The molecular formula is C20H18N2O3S. The van der Waals surface area contributed by atoms with E-state index in [2.05, 4.69) is 10.3 Å². The van der Waals surface area contributed by atoms with Crippen LogP contribution in [0.4, 0.5) is 0 Å². The highest BCUT2D eigenvalue weighted by atomic mass is 32.1. The summed E-state index contributed by atoms with van der Waals surface area (Å²) in [6.07, 6.45) is 2.07. The number of ether oxygens (including phenoxy) is 1. The molecule has 0 saturated carbocycles. The number of ketones is 1. The molecule has 0 bridgehead atoms. The van der Waals surface area contributed by atoms with Crippen LogP contribution in [-0.2, 0) is 11.3 Å². The third-order valence-electron chi connectivity index (χ3n) is 3.70. The van der Waals surface area contributed by atoms with Crippen LogP contribution in [0.3, 0.4) is 0 Å². The number of carbonyl (C=O) groups is 2. The van der Waals surface area contributed by atoms with Crippen LogP contribution in [0, 0.1) is 0 Å². The van der Waals surface area contributed by atoms with Gasteiger partial charge in [0.1, 0.15) is 5.75 Å². The lowest BCUT2D eigenvalue weighted by Gasteiger charge is -2.07. The van der Waals surface area contributed by atoms with Crippen LogP contribution in [0.25, 0.3) is 0 Å². The van der Waals surface area contributed by atoms with Crippen LogP contribution in [0.15, 0.2) is 66.2 Å². The van der Waals surface area contributed by atoms with Crippen molar-refractivity contribution in [3.8, 4) is 10.9 Å². The molecule has 0 radical (unpaired) electrons. The van der Waals surface area contributed by atoms with Gasteiger partial charge in [-0.05, 0) is 17.7 Å². The molecule has 0 aliphatic heterocycles. The van der Waals surface area contributed by atoms with Gasteiger partial charge in [-0.3, -0.25) is 9.59 Å². The highest BCUT2D eigenvalue weighted by molar-refractivity contribution is 7.11. The molecular weight excluding hydrogens is 348 g/mol. The zero-order valence-electron chi connectivity index (χ0n) is 14.1. The van der Waals surface area contributed by atoms with Crippen molar-refractivity contribution < 1.29 is 14.3 Å². The van der Waals surface area contributed by atoms with Crippen molar-refractivity contribution in [2.45, 2.75) is 19.4 Å². The van der Waals surface area contributed by atoms with Gasteiger partial charge in [0.25, 0.3) is 5.19 Å². The van der Waals surface area contributed by atoms with E-state index in [0.717, 1.165) is 5.56 Å². The van der Waals surface area contributed by atoms with E-state index in [-0.39, 0.29) is 24.5 Å². The van der Waals surface area contributed by atoms with Crippen molar-refractivity contribution in [2.75, 3.05) is 0 Å². The summed E-state index contributed by atoms with van der Waals surface area (Å²) in [7, 11) is 0. The fourth-order valence-electron chi connectivity index (χ4n) is 2.32. The molecule has 6 heteroatoms. The SMILES string of the molecule is O=C(CCC(=O)c1ccccc1)NCc1ccc(Oc2nccs2)cc1. The number of benzene rings is 2. The Hall–Kier alpha value is -2.99. The summed E-state index contributed by atoms with van der Waals surface area (Å²) in [5.41, 5.74) is 1.59. The largest absolute Gasteiger partial charge is 0.431 e. The van der Waals surface area contributed by atoms with Crippen LogP contribution in [0.1, 0.15) is 28.8 Å². The second kappa shape index (κ2) is 8.92. The predicted molar refractivity (Wildman–Crippen MR) is 100 cm³/mol. The van der Waals surface area contributed by atoms with Gasteiger partial charge in [0.2, 0.25) is 5.91 Å². The molecule has 0 atom stereocenters. The van der Waals surface area contributed by atoms with E-state index in [0.29, 0.717) is 23.1 Å². The van der Waals surface area contributed by atoms with Gasteiger partial charge in [-0.2, -0.15) is 0 Å². The number of hydrogen-bond acceptors (Lipinski definition) is 5. The maximum Gasteiger partial charge on any atom is 0.278 e. The van der Waals surface area contributed by atoms with E-state index >= 15 is 0 Å². The molecule has 0 saturated heterocycles. The number of Topliss-reactive ketones (excluding diaryl/α,β-unsaturated/α-hetero) is 1. The maximum atomic E-state index is 12.0. The molecule has 3 aromatic rings. The second-order valence-electron chi connectivity index (χ2n) is 5.61. The topological polar surface area (TPSA) is 68.3 Å². The van der Waals surface area contributed by atoms with Crippen LogP contribution in [0.2, 0.25) is 0 Å². The first-order chi connectivity index (χ1) is 12.7. The van der Waals surface area contributed by atoms with Crippen molar-refractivity contribution >= 4 is 23.0 Å². The first-order valence-corrected chi connectivity index (χ1v) is 9.10. The van der Waals surface area contributed by atoms with E-state index in [4.69, 9.17) is 4.74 Å². The van der Waals surface area contributed by atoms with Crippen molar-refractivity contribution in [3.63, 3.8) is 0 Å². The monoisotopic (exact) mass is 366 g/mol. The minimum atomic E-state index is -0.141. The molecule has 132 valence electrons. The minimum absolute atomic E-state index is 0.0237. The lowest BCUT2D eigenvalue weighted by atomic mass is 10.1. The zero-order chi connectivity index (χ0) is 18.2. The lowest BCUT2D eigenvalue weighted by molar-refractivity contribution is -0.121. The van der Waals surface area contributed by atoms with Gasteiger partial charge in [-0.25, -0.2) is 4.98 Å². The number of hydrogen-bond donors (Lipinski definition) is 1. The molecule has 0 spiro atoms. The van der Waals surface area contributed by atoms with E-state index in [1.807, 2.05) is 47.8 Å². The third kappa shape index (κ3) is 5.26. The summed E-state index contributed by atoms with van der Waals surface area (Å²) >= 11 is 1.42. The summed E-state index contributed by atoms with van der Waals surface area (Å²) in [6.45, 7) is 0.413. The van der Waals surface area contributed by atoms with Crippen molar-refractivity contribution in [1.82, 2.24) is 10.3 Å². The normalized spacial score (nSPS) is 10.3. The van der Waals surface area contributed by atoms with Gasteiger partial charge >= 0.3 is 0 Å². The number of nitrogens with zero attached hydrogens (tertiary/aromatic N) is 1. The van der Waals surface area contributed by atoms with Crippen LogP contribution in [0.5, 0.6) is 10.9 Å². The highest BCUT2D eigenvalue weighted by Crippen LogP contribution is 2.23. The fourth-order valence-corrected chi connectivity index (χ4v) is 2.83. The Balaban J connectivity index is 1.42. The molecule has 0 aliphatic carbocycles. The molecule has 0 aliphatic rings. The number of carbonyl (C=O) groups excluding carboxylic acids is 2. The molecule has 5 nitrogen and oxygen atoms in total. The van der Waals surface area contributed by atoms with Crippen LogP contribution >= 0.6 is 11.3 Å². The molecule has 1 N–H and O–H groups in total. The summed E-state index contributed by atoms with van der Waals surface area (Å²) in [5.74, 6) is 0.533. The minimum Gasteiger partial charge on any atom is -0.431 e. The van der Waals surface area contributed by atoms with Gasteiger partial charge in [-0.15, -0.1) is 0 Å². The van der Waals surface area contributed by atoms with E-state index in [1.54, 1.807) is 18.3 Å². The van der Waals surface area contributed by atoms with E-state index in [9.17, 15) is 9.59 Å².